The third-order valence-electron chi connectivity index (χ3n) is 3.21. The standard InChI is InChI=1S/C16H23ClN2O3/c1-3-4-5-10-19(11-9-15(20)22-2)16(21)18-14-8-6-7-13(17)12-14/h6-8,12H,3-5,9-11H2,1-2H3,(H,18,21). The van der Waals surface area contributed by atoms with Gasteiger partial charge in [0.05, 0.1) is 13.5 Å². The Kier molecular flexibility index (Phi) is 8.36. The van der Waals surface area contributed by atoms with Gasteiger partial charge in [0.1, 0.15) is 0 Å². The fourth-order valence-electron chi connectivity index (χ4n) is 1.96. The van der Waals surface area contributed by atoms with Crippen molar-refractivity contribution >= 4 is 29.3 Å². The molecule has 0 fully saturated rings. The first-order valence-electron chi connectivity index (χ1n) is 7.45. The van der Waals surface area contributed by atoms with Crippen molar-refractivity contribution in [2.45, 2.75) is 32.6 Å². The van der Waals surface area contributed by atoms with Gasteiger partial charge in [-0.3, -0.25) is 4.79 Å². The number of urea groups is 1. The number of rotatable bonds is 8. The second-order valence-electron chi connectivity index (χ2n) is 4.96. The number of carbonyl (C=O) groups is 2. The minimum Gasteiger partial charge on any atom is -0.469 e. The highest BCUT2D eigenvalue weighted by molar-refractivity contribution is 6.30. The molecular weight excluding hydrogens is 304 g/mol. The van der Waals surface area contributed by atoms with Gasteiger partial charge in [0, 0.05) is 23.8 Å². The smallest absolute Gasteiger partial charge is 0.321 e. The molecule has 2 amide bonds. The summed E-state index contributed by atoms with van der Waals surface area (Å²) in [5.74, 6) is -0.323. The number of hydrogen-bond acceptors (Lipinski definition) is 3. The van der Waals surface area contributed by atoms with E-state index in [1.165, 1.54) is 7.11 Å². The molecule has 0 unspecified atom stereocenters. The van der Waals surface area contributed by atoms with Crippen LogP contribution in [0, 0.1) is 0 Å². The second-order valence-corrected chi connectivity index (χ2v) is 5.40. The lowest BCUT2D eigenvalue weighted by atomic mass is 10.2. The van der Waals surface area contributed by atoms with Crippen LogP contribution in [0.1, 0.15) is 32.6 Å². The molecule has 1 aromatic carbocycles. The number of amides is 2. The maximum absolute atomic E-state index is 12.3. The number of benzene rings is 1. The Bertz CT molecular complexity index is 494. The van der Waals surface area contributed by atoms with E-state index in [0.29, 0.717) is 23.8 Å². The van der Waals surface area contributed by atoms with Crippen LogP contribution in [0.5, 0.6) is 0 Å². The van der Waals surface area contributed by atoms with Crippen LogP contribution in [-0.4, -0.2) is 37.1 Å². The van der Waals surface area contributed by atoms with E-state index in [1.54, 1.807) is 29.2 Å². The Morgan fingerprint density at radius 3 is 2.68 bits per heavy atom. The second kappa shape index (κ2) is 10.1. The molecule has 0 heterocycles. The Hall–Kier alpha value is -1.75. The molecule has 0 aromatic heterocycles. The van der Waals surface area contributed by atoms with Crippen molar-refractivity contribution < 1.29 is 14.3 Å². The number of anilines is 1. The Morgan fingerprint density at radius 2 is 2.05 bits per heavy atom. The molecule has 0 saturated carbocycles. The van der Waals surface area contributed by atoms with Crippen LogP contribution in [-0.2, 0) is 9.53 Å². The number of halogens is 1. The van der Waals surface area contributed by atoms with Gasteiger partial charge in [0.2, 0.25) is 0 Å². The molecule has 0 bridgehead atoms. The van der Waals surface area contributed by atoms with Crippen LogP contribution < -0.4 is 5.32 Å². The van der Waals surface area contributed by atoms with Crippen molar-refractivity contribution in [2.75, 3.05) is 25.5 Å². The maximum Gasteiger partial charge on any atom is 0.321 e. The fraction of sp³-hybridized carbons (Fsp3) is 0.500. The summed E-state index contributed by atoms with van der Waals surface area (Å²) < 4.78 is 4.63. The lowest BCUT2D eigenvalue weighted by Gasteiger charge is -2.22. The van der Waals surface area contributed by atoms with Crippen LogP contribution in [0.3, 0.4) is 0 Å². The van der Waals surface area contributed by atoms with E-state index in [-0.39, 0.29) is 18.4 Å². The first-order valence-corrected chi connectivity index (χ1v) is 7.83. The highest BCUT2D eigenvalue weighted by atomic mass is 35.5. The number of hydrogen-bond donors (Lipinski definition) is 1. The zero-order chi connectivity index (χ0) is 16.4. The van der Waals surface area contributed by atoms with E-state index in [2.05, 4.69) is 17.0 Å². The molecule has 0 aliphatic carbocycles. The van der Waals surface area contributed by atoms with Gasteiger partial charge >= 0.3 is 12.0 Å². The van der Waals surface area contributed by atoms with Crippen molar-refractivity contribution in [3.05, 3.63) is 29.3 Å². The molecule has 0 spiro atoms. The summed E-state index contributed by atoms with van der Waals surface area (Å²) in [6.45, 7) is 3.05. The molecule has 0 saturated heterocycles. The van der Waals surface area contributed by atoms with Crippen LogP contribution in [0.4, 0.5) is 10.5 Å². The molecule has 1 rings (SSSR count). The van der Waals surface area contributed by atoms with E-state index in [9.17, 15) is 9.59 Å². The summed E-state index contributed by atoms with van der Waals surface area (Å²) >= 11 is 5.91. The lowest BCUT2D eigenvalue weighted by molar-refractivity contribution is -0.140. The molecule has 0 aliphatic heterocycles. The molecule has 22 heavy (non-hydrogen) atoms. The predicted molar refractivity (Wildman–Crippen MR) is 88.2 cm³/mol. The molecule has 0 radical (unpaired) electrons. The van der Waals surface area contributed by atoms with Crippen molar-refractivity contribution in [3.8, 4) is 0 Å². The van der Waals surface area contributed by atoms with Crippen LogP contribution in [0.2, 0.25) is 5.02 Å². The average molecular weight is 327 g/mol. The van der Waals surface area contributed by atoms with Gasteiger partial charge in [-0.1, -0.05) is 37.4 Å². The van der Waals surface area contributed by atoms with Crippen molar-refractivity contribution in [3.63, 3.8) is 0 Å². The third kappa shape index (κ3) is 6.80. The molecule has 6 heteroatoms. The average Bonchev–Trinajstić information content (AvgIpc) is 2.50. The molecule has 122 valence electrons. The Labute approximate surface area is 136 Å². The predicted octanol–water partition coefficient (Wildman–Crippen LogP) is 3.93. The van der Waals surface area contributed by atoms with Gasteiger partial charge in [-0.05, 0) is 24.6 Å². The summed E-state index contributed by atoms with van der Waals surface area (Å²) in [4.78, 5) is 25.2. The van der Waals surface area contributed by atoms with Crippen LogP contribution in [0.15, 0.2) is 24.3 Å². The lowest BCUT2D eigenvalue weighted by Crippen LogP contribution is -2.37. The van der Waals surface area contributed by atoms with Gasteiger partial charge in [-0.15, -0.1) is 0 Å². The van der Waals surface area contributed by atoms with Crippen molar-refractivity contribution in [1.29, 1.82) is 0 Å². The number of nitrogens with one attached hydrogen (secondary N) is 1. The van der Waals surface area contributed by atoms with Gasteiger partial charge in [0.15, 0.2) is 0 Å². The van der Waals surface area contributed by atoms with Crippen LogP contribution in [0.25, 0.3) is 0 Å². The van der Waals surface area contributed by atoms with Crippen molar-refractivity contribution in [1.82, 2.24) is 4.90 Å². The summed E-state index contributed by atoms with van der Waals surface area (Å²) in [5.41, 5.74) is 0.635. The van der Waals surface area contributed by atoms with Crippen LogP contribution >= 0.6 is 11.6 Å². The van der Waals surface area contributed by atoms with E-state index in [0.717, 1.165) is 19.3 Å². The zero-order valence-electron chi connectivity index (χ0n) is 13.1. The number of methoxy groups -OCH3 is 1. The number of unbranched alkanes of at least 4 members (excludes halogenated alkanes) is 2. The highest BCUT2D eigenvalue weighted by Crippen LogP contribution is 2.15. The summed E-state index contributed by atoms with van der Waals surface area (Å²) in [6.07, 6.45) is 3.20. The molecular formula is C16H23ClN2O3. The minimum absolute atomic E-state index is 0.186. The first kappa shape index (κ1) is 18.3. The maximum atomic E-state index is 12.3. The van der Waals surface area contributed by atoms with E-state index in [4.69, 9.17) is 11.6 Å². The largest absolute Gasteiger partial charge is 0.469 e. The Morgan fingerprint density at radius 1 is 1.27 bits per heavy atom. The molecule has 0 aliphatic rings. The number of carbonyl (C=O) groups excluding carboxylic acids is 2. The number of nitrogens with zero attached hydrogens (tertiary/aromatic N) is 1. The summed E-state index contributed by atoms with van der Waals surface area (Å²) in [7, 11) is 1.34. The molecule has 1 N–H and O–H groups in total. The summed E-state index contributed by atoms with van der Waals surface area (Å²) in [5, 5.41) is 3.36. The number of esters is 1. The van der Waals surface area contributed by atoms with E-state index >= 15 is 0 Å². The Balaban J connectivity index is 2.62. The highest BCUT2D eigenvalue weighted by Gasteiger charge is 2.15. The zero-order valence-corrected chi connectivity index (χ0v) is 13.9. The van der Waals surface area contributed by atoms with Crippen molar-refractivity contribution in [2.24, 2.45) is 0 Å². The SMILES string of the molecule is CCCCCN(CCC(=O)OC)C(=O)Nc1cccc(Cl)c1. The molecule has 5 nitrogen and oxygen atoms in total. The van der Waals surface area contributed by atoms with Gasteiger partial charge in [-0.2, -0.15) is 0 Å². The monoisotopic (exact) mass is 326 g/mol. The number of ether oxygens (including phenoxy) is 1. The topological polar surface area (TPSA) is 58.6 Å². The fourth-order valence-corrected chi connectivity index (χ4v) is 2.15. The minimum atomic E-state index is -0.323. The van der Waals surface area contributed by atoms with E-state index in [1.807, 2.05) is 0 Å². The third-order valence-corrected chi connectivity index (χ3v) is 3.44. The molecule has 0 atom stereocenters. The van der Waals surface area contributed by atoms with Gasteiger partial charge < -0.3 is 15.0 Å². The van der Waals surface area contributed by atoms with E-state index < -0.39 is 0 Å². The van der Waals surface area contributed by atoms with Gasteiger partial charge in [0.25, 0.3) is 0 Å². The normalized spacial score (nSPS) is 10.1. The quantitative estimate of drug-likeness (QED) is 0.581. The summed E-state index contributed by atoms with van der Waals surface area (Å²) in [6, 6.07) is 6.74. The first-order chi connectivity index (χ1) is 10.6. The molecule has 1 aromatic rings. The van der Waals surface area contributed by atoms with Gasteiger partial charge in [-0.25, -0.2) is 4.79 Å².